The van der Waals surface area contributed by atoms with Gasteiger partial charge in [-0.1, -0.05) is 279 Å². The fraction of sp³-hybridized carbons (Fsp3) is 0.716. The molecule has 0 unspecified atom stereocenters. The lowest BCUT2D eigenvalue weighted by molar-refractivity contribution is -0.166. The minimum Gasteiger partial charge on any atom is -0.462 e. The Bertz CT molecular complexity index is 1440. The third-order valence-electron chi connectivity index (χ3n) is 13.1. The van der Waals surface area contributed by atoms with Crippen LogP contribution in [0.15, 0.2) is 97.2 Å². The summed E-state index contributed by atoms with van der Waals surface area (Å²) in [6.07, 6.45) is 81.3. The van der Waals surface area contributed by atoms with Crippen LogP contribution < -0.4 is 0 Å². The second-order valence-electron chi connectivity index (χ2n) is 20.2. The van der Waals surface area contributed by atoms with Crippen molar-refractivity contribution in [2.24, 2.45) is 0 Å². The summed E-state index contributed by atoms with van der Waals surface area (Å²) in [5.41, 5.74) is 0. The summed E-state index contributed by atoms with van der Waals surface area (Å²) in [4.78, 5) is 38.2. The van der Waals surface area contributed by atoms with Gasteiger partial charge in [0.2, 0.25) is 0 Å². The van der Waals surface area contributed by atoms with Crippen molar-refractivity contribution in [2.45, 2.75) is 297 Å². The van der Waals surface area contributed by atoms with Crippen LogP contribution in [0.3, 0.4) is 0 Å². The van der Waals surface area contributed by atoms with Crippen LogP contribution in [0.5, 0.6) is 0 Å². The van der Waals surface area contributed by atoms with Crippen LogP contribution in [0.2, 0.25) is 0 Å². The largest absolute Gasteiger partial charge is 0.462 e. The molecule has 0 fully saturated rings. The van der Waals surface area contributed by atoms with Gasteiger partial charge in [-0.3, -0.25) is 14.4 Å². The van der Waals surface area contributed by atoms with E-state index in [1.165, 1.54) is 141 Å². The number of hydrogen-bond acceptors (Lipinski definition) is 6. The van der Waals surface area contributed by atoms with E-state index in [2.05, 4.69) is 112 Å². The molecule has 0 aliphatic rings. The first-order valence-corrected chi connectivity index (χ1v) is 30.7. The Labute approximate surface area is 451 Å². The second-order valence-corrected chi connectivity index (χ2v) is 20.2. The van der Waals surface area contributed by atoms with Crippen LogP contribution in [-0.4, -0.2) is 37.2 Å². The van der Waals surface area contributed by atoms with Gasteiger partial charge < -0.3 is 14.2 Å². The SMILES string of the molecule is CC/C=C\C/C=C\C/C=C\C/C=C\C/C=C\C/C=C\CCC(=O)O[C@H](COC(=O)CCCCCCC/C=C\C/C=C\CCCCC)COC(=O)CCCCCCCCCCCCCCCCCCCCCCC. The highest BCUT2D eigenvalue weighted by atomic mass is 16.6. The normalized spacial score (nSPS) is 12.8. The zero-order valence-electron chi connectivity index (χ0n) is 47.9. The zero-order chi connectivity index (χ0) is 52.9. The molecule has 0 heterocycles. The standard InChI is InChI=1S/C67H114O6/c1-4-7-10-13-16-19-22-25-28-30-32-33-35-36-39-42-45-48-51-54-57-60-66(69)72-63-64(62-71-65(68)59-56-53-50-47-44-41-38-27-24-21-18-15-12-9-6-3)73-67(70)61-58-55-52-49-46-43-40-37-34-31-29-26-23-20-17-14-11-8-5-2/h8,11,17-18,20-21,26-27,29,34,37-38,43,46,52,55,64H,4-7,9-10,12-16,19,22-25,28,30-33,35-36,39-42,44-45,47-51,53-54,56-63H2,1-3H3/b11-8-,20-17-,21-18-,29-26-,37-34-,38-27-,46-43-,55-52-/t64-/m1/s1. The number of carbonyl (C=O) groups is 3. The summed E-state index contributed by atoms with van der Waals surface area (Å²) >= 11 is 0. The van der Waals surface area contributed by atoms with Crippen LogP contribution in [0.1, 0.15) is 290 Å². The van der Waals surface area contributed by atoms with E-state index < -0.39 is 12.1 Å². The number of rotatable bonds is 55. The molecule has 0 N–H and O–H groups in total. The molecule has 0 saturated heterocycles. The Kier molecular flexibility index (Phi) is 57.8. The van der Waals surface area contributed by atoms with Crippen molar-refractivity contribution in [2.75, 3.05) is 13.2 Å². The van der Waals surface area contributed by atoms with Gasteiger partial charge in [-0.15, -0.1) is 0 Å². The van der Waals surface area contributed by atoms with Crippen molar-refractivity contribution in [1.29, 1.82) is 0 Å². The number of esters is 3. The summed E-state index contributed by atoms with van der Waals surface area (Å²) in [5.74, 6) is -1.00. The first kappa shape index (κ1) is 69.3. The van der Waals surface area contributed by atoms with E-state index in [-0.39, 0.29) is 31.6 Å². The van der Waals surface area contributed by atoms with Gasteiger partial charge >= 0.3 is 17.9 Å². The summed E-state index contributed by atoms with van der Waals surface area (Å²) < 4.78 is 16.8. The summed E-state index contributed by atoms with van der Waals surface area (Å²) in [6.45, 7) is 6.45. The van der Waals surface area contributed by atoms with Gasteiger partial charge in [0.05, 0.1) is 0 Å². The highest BCUT2D eigenvalue weighted by Crippen LogP contribution is 2.16. The molecular weight excluding hydrogens is 901 g/mol. The Morgan fingerprint density at radius 3 is 0.918 bits per heavy atom. The maximum Gasteiger partial charge on any atom is 0.306 e. The van der Waals surface area contributed by atoms with Crippen LogP contribution in [-0.2, 0) is 28.6 Å². The third-order valence-corrected chi connectivity index (χ3v) is 13.1. The Hall–Kier alpha value is -3.67. The van der Waals surface area contributed by atoms with Crippen molar-refractivity contribution in [3.8, 4) is 0 Å². The lowest BCUT2D eigenvalue weighted by Crippen LogP contribution is -2.30. The predicted octanol–water partition coefficient (Wildman–Crippen LogP) is 20.9. The van der Waals surface area contributed by atoms with Crippen LogP contribution in [0, 0.1) is 0 Å². The first-order chi connectivity index (χ1) is 36.0. The molecule has 0 rings (SSSR count). The van der Waals surface area contributed by atoms with Crippen LogP contribution in [0.25, 0.3) is 0 Å². The van der Waals surface area contributed by atoms with Gasteiger partial charge in [-0.25, -0.2) is 0 Å². The summed E-state index contributed by atoms with van der Waals surface area (Å²) in [7, 11) is 0. The van der Waals surface area contributed by atoms with Crippen molar-refractivity contribution in [1.82, 2.24) is 0 Å². The van der Waals surface area contributed by atoms with E-state index in [9.17, 15) is 14.4 Å². The Balaban J connectivity index is 4.46. The summed E-state index contributed by atoms with van der Waals surface area (Å²) in [6, 6.07) is 0. The monoisotopic (exact) mass is 1010 g/mol. The fourth-order valence-corrected chi connectivity index (χ4v) is 8.50. The van der Waals surface area contributed by atoms with Crippen molar-refractivity contribution >= 4 is 17.9 Å². The van der Waals surface area contributed by atoms with Crippen LogP contribution in [0.4, 0.5) is 0 Å². The third kappa shape index (κ3) is 59.1. The van der Waals surface area contributed by atoms with E-state index >= 15 is 0 Å². The molecule has 0 radical (unpaired) electrons. The molecule has 0 spiro atoms. The lowest BCUT2D eigenvalue weighted by atomic mass is 10.0. The molecular formula is C67H114O6. The second kappa shape index (κ2) is 60.9. The number of carbonyl (C=O) groups excluding carboxylic acids is 3. The molecule has 73 heavy (non-hydrogen) atoms. The molecule has 0 saturated carbocycles. The molecule has 0 aliphatic carbocycles. The maximum absolute atomic E-state index is 12.9. The highest BCUT2D eigenvalue weighted by molar-refractivity contribution is 5.71. The fourth-order valence-electron chi connectivity index (χ4n) is 8.50. The van der Waals surface area contributed by atoms with Gasteiger partial charge in [-0.2, -0.15) is 0 Å². The molecule has 6 nitrogen and oxygen atoms in total. The molecule has 0 bridgehead atoms. The number of ether oxygens (including phenoxy) is 3. The Morgan fingerprint density at radius 2 is 0.562 bits per heavy atom. The molecule has 0 aromatic rings. The maximum atomic E-state index is 12.9. The average molecular weight is 1020 g/mol. The molecule has 0 aromatic carbocycles. The van der Waals surface area contributed by atoms with E-state index in [4.69, 9.17) is 14.2 Å². The minimum absolute atomic E-state index is 0.110. The molecule has 0 aliphatic heterocycles. The molecule has 418 valence electrons. The molecule has 6 heteroatoms. The summed E-state index contributed by atoms with van der Waals surface area (Å²) in [5, 5.41) is 0. The van der Waals surface area contributed by atoms with Crippen molar-refractivity contribution in [3.05, 3.63) is 97.2 Å². The topological polar surface area (TPSA) is 78.9 Å². The van der Waals surface area contributed by atoms with E-state index in [1.54, 1.807) is 0 Å². The minimum atomic E-state index is -0.824. The van der Waals surface area contributed by atoms with E-state index in [0.29, 0.717) is 19.3 Å². The van der Waals surface area contributed by atoms with E-state index in [0.717, 1.165) is 103 Å². The van der Waals surface area contributed by atoms with Gasteiger partial charge in [0.25, 0.3) is 0 Å². The lowest BCUT2D eigenvalue weighted by Gasteiger charge is -2.18. The first-order valence-electron chi connectivity index (χ1n) is 30.7. The highest BCUT2D eigenvalue weighted by Gasteiger charge is 2.19. The van der Waals surface area contributed by atoms with Gasteiger partial charge in [-0.05, 0) is 89.9 Å². The van der Waals surface area contributed by atoms with Gasteiger partial charge in [0.15, 0.2) is 6.10 Å². The quantitative estimate of drug-likeness (QED) is 0.0261. The number of allylic oxidation sites excluding steroid dienone is 16. The molecule has 0 aromatic heterocycles. The van der Waals surface area contributed by atoms with Crippen LogP contribution >= 0.6 is 0 Å². The smallest absolute Gasteiger partial charge is 0.306 e. The average Bonchev–Trinajstić information content (AvgIpc) is 3.39. The zero-order valence-corrected chi connectivity index (χ0v) is 47.9. The van der Waals surface area contributed by atoms with Gasteiger partial charge in [0.1, 0.15) is 13.2 Å². The Morgan fingerprint density at radius 1 is 0.288 bits per heavy atom. The molecule has 1 atom stereocenters. The van der Waals surface area contributed by atoms with Gasteiger partial charge in [0, 0.05) is 19.3 Å². The number of unbranched alkanes of at least 4 members (excludes halogenated alkanes) is 28. The van der Waals surface area contributed by atoms with E-state index in [1.807, 2.05) is 6.08 Å². The van der Waals surface area contributed by atoms with Crippen molar-refractivity contribution < 1.29 is 28.6 Å². The van der Waals surface area contributed by atoms with Crippen molar-refractivity contribution in [3.63, 3.8) is 0 Å². The predicted molar refractivity (Wildman–Crippen MR) is 316 cm³/mol. The molecule has 0 amide bonds. The number of hydrogen-bond donors (Lipinski definition) is 0.